The topological polar surface area (TPSA) is 92.1 Å². The Labute approximate surface area is 183 Å². The third-order valence-corrected chi connectivity index (χ3v) is 7.32. The number of ether oxygens (including phenoxy) is 1. The maximum atomic E-state index is 13.1. The van der Waals surface area contributed by atoms with E-state index in [1.54, 1.807) is 23.1 Å². The molecule has 0 aliphatic carbocycles. The van der Waals surface area contributed by atoms with E-state index in [4.69, 9.17) is 9.15 Å². The van der Waals surface area contributed by atoms with Gasteiger partial charge in [-0.15, -0.1) is 0 Å². The first kappa shape index (κ1) is 22.0. The van der Waals surface area contributed by atoms with Crippen LogP contribution in [0.4, 0.5) is 5.69 Å². The molecule has 4 rings (SSSR count). The van der Waals surface area contributed by atoms with E-state index in [1.165, 1.54) is 6.92 Å². The van der Waals surface area contributed by atoms with Crippen LogP contribution in [-0.4, -0.2) is 58.6 Å². The molecule has 0 radical (unpaired) electrons. The highest BCUT2D eigenvalue weighted by Crippen LogP contribution is 2.30. The minimum absolute atomic E-state index is 0.0308. The summed E-state index contributed by atoms with van der Waals surface area (Å²) in [7, 11) is -3.72. The molecule has 9 heteroatoms. The molecule has 1 saturated heterocycles. The first-order valence-corrected chi connectivity index (χ1v) is 12.1. The number of aryl methyl sites for hydroxylation is 2. The van der Waals surface area contributed by atoms with E-state index >= 15 is 0 Å². The second kappa shape index (κ2) is 9.12. The summed E-state index contributed by atoms with van der Waals surface area (Å²) in [6, 6.07) is 8.58. The molecule has 2 aliphatic rings. The van der Waals surface area contributed by atoms with Crippen LogP contribution in [0.3, 0.4) is 0 Å². The van der Waals surface area contributed by atoms with Crippen molar-refractivity contribution < 1.29 is 22.4 Å². The number of benzene rings is 1. The summed E-state index contributed by atoms with van der Waals surface area (Å²) >= 11 is 0. The number of fused-ring (bicyclic) bond motifs is 1. The molecule has 168 valence electrons. The lowest BCUT2D eigenvalue weighted by atomic mass is 10.0. The van der Waals surface area contributed by atoms with Gasteiger partial charge in [0, 0.05) is 38.8 Å². The van der Waals surface area contributed by atoms with Crippen LogP contribution in [0.15, 0.2) is 39.6 Å². The van der Waals surface area contributed by atoms with Crippen LogP contribution >= 0.6 is 0 Å². The highest BCUT2D eigenvalue weighted by atomic mass is 32.2. The first-order chi connectivity index (χ1) is 14.8. The average Bonchev–Trinajstić information content (AvgIpc) is 3.19. The standard InChI is InChI=1S/C22H29N3O5S/c1-16-5-8-22(30-16)21(24-10-12-29-13-11-24)15-23-31(27,28)19-6-7-20-18(14-19)4-3-9-25(20)17(2)26/h5-8,14,21,23H,3-4,9-13,15H2,1-2H3. The van der Waals surface area contributed by atoms with Crippen molar-refractivity contribution in [2.45, 2.75) is 37.6 Å². The van der Waals surface area contributed by atoms with Crippen molar-refractivity contribution in [2.75, 3.05) is 44.3 Å². The summed E-state index contributed by atoms with van der Waals surface area (Å²) in [6.07, 6.45) is 1.57. The van der Waals surface area contributed by atoms with Crippen molar-refractivity contribution in [3.8, 4) is 0 Å². The second-order valence-corrected chi connectivity index (χ2v) is 9.80. The van der Waals surface area contributed by atoms with Gasteiger partial charge < -0.3 is 14.1 Å². The Balaban J connectivity index is 1.54. The van der Waals surface area contributed by atoms with Crippen LogP contribution < -0.4 is 9.62 Å². The number of furan rings is 1. The van der Waals surface area contributed by atoms with Crippen LogP contribution in [-0.2, 0) is 26.0 Å². The predicted molar refractivity (Wildman–Crippen MR) is 117 cm³/mol. The molecule has 0 saturated carbocycles. The van der Waals surface area contributed by atoms with Gasteiger partial charge in [0.15, 0.2) is 0 Å². The van der Waals surface area contributed by atoms with Crippen molar-refractivity contribution in [3.05, 3.63) is 47.4 Å². The van der Waals surface area contributed by atoms with E-state index in [0.717, 1.165) is 35.6 Å². The van der Waals surface area contributed by atoms with E-state index in [9.17, 15) is 13.2 Å². The van der Waals surface area contributed by atoms with E-state index in [2.05, 4.69) is 9.62 Å². The lowest BCUT2D eigenvalue weighted by molar-refractivity contribution is -0.116. The molecular weight excluding hydrogens is 418 g/mol. The number of hydrogen-bond donors (Lipinski definition) is 1. The van der Waals surface area contributed by atoms with Crippen LogP contribution in [0.1, 0.15) is 36.5 Å². The Kier molecular flexibility index (Phi) is 6.47. The Morgan fingerprint density at radius 3 is 2.61 bits per heavy atom. The number of nitrogens with one attached hydrogen (secondary N) is 1. The average molecular weight is 448 g/mol. The quantitative estimate of drug-likeness (QED) is 0.730. The fourth-order valence-corrected chi connectivity index (χ4v) is 5.36. The van der Waals surface area contributed by atoms with E-state index in [1.807, 2.05) is 19.1 Å². The smallest absolute Gasteiger partial charge is 0.240 e. The molecule has 1 N–H and O–H groups in total. The van der Waals surface area contributed by atoms with E-state index in [0.29, 0.717) is 32.8 Å². The van der Waals surface area contributed by atoms with Gasteiger partial charge in [0.05, 0.1) is 24.2 Å². The number of hydrogen-bond acceptors (Lipinski definition) is 6. The van der Waals surface area contributed by atoms with Gasteiger partial charge in [-0.2, -0.15) is 0 Å². The zero-order valence-electron chi connectivity index (χ0n) is 18.0. The van der Waals surface area contributed by atoms with Gasteiger partial charge in [-0.05, 0) is 55.7 Å². The Hall–Kier alpha value is -2.20. The summed E-state index contributed by atoms with van der Waals surface area (Å²) < 4.78 is 40.2. The summed E-state index contributed by atoms with van der Waals surface area (Å²) in [6.45, 7) is 6.92. The number of anilines is 1. The monoisotopic (exact) mass is 447 g/mol. The molecule has 31 heavy (non-hydrogen) atoms. The molecule has 0 bridgehead atoms. The summed E-state index contributed by atoms with van der Waals surface area (Å²) in [5, 5.41) is 0. The van der Waals surface area contributed by atoms with Gasteiger partial charge in [0.2, 0.25) is 15.9 Å². The van der Waals surface area contributed by atoms with Crippen LogP contribution in [0.25, 0.3) is 0 Å². The van der Waals surface area contributed by atoms with Gasteiger partial charge in [-0.25, -0.2) is 13.1 Å². The molecule has 8 nitrogen and oxygen atoms in total. The molecule has 0 spiro atoms. The zero-order valence-corrected chi connectivity index (χ0v) is 18.8. The first-order valence-electron chi connectivity index (χ1n) is 10.6. The third kappa shape index (κ3) is 4.85. The number of nitrogens with zero attached hydrogens (tertiary/aromatic N) is 2. The minimum Gasteiger partial charge on any atom is -0.465 e. The van der Waals surface area contributed by atoms with E-state index < -0.39 is 10.0 Å². The Morgan fingerprint density at radius 2 is 1.94 bits per heavy atom. The maximum Gasteiger partial charge on any atom is 0.240 e. The fourth-order valence-electron chi connectivity index (χ4n) is 4.27. The lowest BCUT2D eigenvalue weighted by Crippen LogP contribution is -2.43. The van der Waals surface area contributed by atoms with Crippen LogP contribution in [0.5, 0.6) is 0 Å². The normalized spacial score (nSPS) is 18.6. The molecule has 1 unspecified atom stereocenters. The van der Waals surface area contributed by atoms with Gasteiger partial charge >= 0.3 is 0 Å². The molecule has 2 aromatic rings. The number of carbonyl (C=O) groups is 1. The van der Waals surface area contributed by atoms with Crippen molar-refractivity contribution in [3.63, 3.8) is 0 Å². The highest BCUT2D eigenvalue weighted by molar-refractivity contribution is 7.89. The van der Waals surface area contributed by atoms with Crippen molar-refractivity contribution >= 4 is 21.6 Å². The van der Waals surface area contributed by atoms with Gasteiger partial charge in [0.1, 0.15) is 11.5 Å². The van der Waals surface area contributed by atoms with Gasteiger partial charge in [-0.3, -0.25) is 9.69 Å². The van der Waals surface area contributed by atoms with Crippen LogP contribution in [0.2, 0.25) is 0 Å². The molecule has 1 aromatic heterocycles. The SMILES string of the molecule is CC(=O)N1CCCc2cc(S(=O)(=O)NCC(c3ccc(C)o3)N3CCOCC3)ccc21. The molecule has 1 atom stereocenters. The number of carbonyl (C=O) groups excluding carboxylic acids is 1. The van der Waals surface area contributed by atoms with Gasteiger partial charge in [0.25, 0.3) is 0 Å². The largest absolute Gasteiger partial charge is 0.465 e. The second-order valence-electron chi connectivity index (χ2n) is 8.03. The van der Waals surface area contributed by atoms with Crippen molar-refractivity contribution in [2.24, 2.45) is 0 Å². The summed E-state index contributed by atoms with van der Waals surface area (Å²) in [5.74, 6) is 1.50. The molecule has 3 heterocycles. The number of rotatable bonds is 6. The molecular formula is C22H29N3O5S. The third-order valence-electron chi connectivity index (χ3n) is 5.90. The zero-order chi connectivity index (χ0) is 22.0. The number of morpholine rings is 1. The Bertz CT molecular complexity index is 1040. The fraction of sp³-hybridized carbons (Fsp3) is 0.500. The van der Waals surface area contributed by atoms with Crippen molar-refractivity contribution in [1.29, 1.82) is 0 Å². The summed E-state index contributed by atoms with van der Waals surface area (Å²) in [5.41, 5.74) is 1.69. The Morgan fingerprint density at radius 1 is 1.16 bits per heavy atom. The van der Waals surface area contributed by atoms with E-state index in [-0.39, 0.29) is 23.4 Å². The van der Waals surface area contributed by atoms with Crippen LogP contribution in [0, 0.1) is 6.92 Å². The molecule has 1 aromatic carbocycles. The van der Waals surface area contributed by atoms with Gasteiger partial charge in [-0.1, -0.05) is 0 Å². The lowest BCUT2D eigenvalue weighted by Gasteiger charge is -2.33. The maximum absolute atomic E-state index is 13.1. The number of sulfonamides is 1. The van der Waals surface area contributed by atoms with Crippen molar-refractivity contribution in [1.82, 2.24) is 9.62 Å². The minimum atomic E-state index is -3.72. The number of amides is 1. The molecule has 1 amide bonds. The summed E-state index contributed by atoms with van der Waals surface area (Å²) in [4.78, 5) is 16.0. The highest BCUT2D eigenvalue weighted by Gasteiger charge is 2.28. The predicted octanol–water partition coefficient (Wildman–Crippen LogP) is 2.24. The molecule has 2 aliphatic heterocycles. The molecule has 1 fully saturated rings.